The summed E-state index contributed by atoms with van der Waals surface area (Å²) in [6, 6.07) is 7.81. The van der Waals surface area contributed by atoms with Crippen molar-refractivity contribution in [3.8, 4) is 11.4 Å². The molecule has 0 bridgehead atoms. The predicted molar refractivity (Wildman–Crippen MR) is 82.0 cm³/mol. The molecule has 0 unspecified atom stereocenters. The van der Waals surface area contributed by atoms with Gasteiger partial charge >= 0.3 is 0 Å². The van der Waals surface area contributed by atoms with Crippen LogP contribution in [0.3, 0.4) is 0 Å². The van der Waals surface area contributed by atoms with E-state index < -0.39 is 5.82 Å². The number of aromatic nitrogens is 2. The molecule has 0 spiro atoms. The van der Waals surface area contributed by atoms with Crippen molar-refractivity contribution in [2.75, 3.05) is 12.8 Å². The Balaban J connectivity index is 2.37. The lowest BCUT2D eigenvalue weighted by Crippen LogP contribution is -2.03. The van der Waals surface area contributed by atoms with Gasteiger partial charge in [0.1, 0.15) is 11.6 Å². The van der Waals surface area contributed by atoms with E-state index in [2.05, 4.69) is 4.98 Å². The van der Waals surface area contributed by atoms with Gasteiger partial charge in [-0.05, 0) is 24.3 Å². The fourth-order valence-corrected chi connectivity index (χ4v) is 2.51. The number of imidazole rings is 1. The van der Waals surface area contributed by atoms with Crippen LogP contribution in [0.4, 0.5) is 10.3 Å². The average Bonchev–Trinajstić information content (AvgIpc) is 2.74. The average molecular weight is 326 g/mol. The topological polar surface area (TPSA) is 53.1 Å². The quantitative estimate of drug-likeness (QED) is 0.772. The van der Waals surface area contributed by atoms with Gasteiger partial charge in [-0.25, -0.2) is 9.37 Å². The summed E-state index contributed by atoms with van der Waals surface area (Å²) in [7, 11) is 1.54. The number of nitrogen functional groups attached to an aromatic ring is 1. The maximum Gasteiger partial charge on any atom is 0.206 e. The minimum atomic E-state index is -0.549. The molecule has 0 aliphatic heterocycles. The molecule has 4 nitrogen and oxygen atoms in total. The highest BCUT2D eigenvalue weighted by molar-refractivity contribution is 6.31. The first-order valence-corrected chi connectivity index (χ1v) is 6.73. The highest BCUT2D eigenvalue weighted by atomic mass is 35.5. The molecule has 1 heterocycles. The van der Waals surface area contributed by atoms with Gasteiger partial charge in [-0.2, -0.15) is 0 Å². The zero-order chi connectivity index (χ0) is 15.1. The Bertz CT molecular complexity index is 848. The van der Waals surface area contributed by atoms with Gasteiger partial charge < -0.3 is 10.5 Å². The van der Waals surface area contributed by atoms with E-state index >= 15 is 0 Å². The zero-order valence-electron chi connectivity index (χ0n) is 10.9. The van der Waals surface area contributed by atoms with Gasteiger partial charge in [0, 0.05) is 11.1 Å². The van der Waals surface area contributed by atoms with E-state index in [0.717, 1.165) is 0 Å². The maximum absolute atomic E-state index is 13.5. The van der Waals surface area contributed by atoms with Crippen molar-refractivity contribution in [1.29, 1.82) is 0 Å². The largest absolute Gasteiger partial charge is 0.495 e. The second-order valence-corrected chi connectivity index (χ2v) is 5.22. The molecule has 1 aromatic heterocycles. The minimum Gasteiger partial charge on any atom is -0.495 e. The van der Waals surface area contributed by atoms with E-state index in [9.17, 15) is 4.39 Å². The minimum absolute atomic E-state index is 0.00959. The first-order chi connectivity index (χ1) is 10.0. The monoisotopic (exact) mass is 325 g/mol. The lowest BCUT2D eigenvalue weighted by molar-refractivity contribution is 0.413. The SMILES string of the molecule is COc1ccc(Cl)cc1-n1c(N)nc2cc(F)c(Cl)cc21. The molecule has 0 amide bonds. The Labute approximate surface area is 129 Å². The number of benzene rings is 2. The normalized spacial score (nSPS) is 11.0. The van der Waals surface area contributed by atoms with Crippen molar-refractivity contribution in [2.24, 2.45) is 0 Å². The van der Waals surface area contributed by atoms with Crippen molar-refractivity contribution < 1.29 is 9.13 Å². The predicted octanol–water partition coefficient (Wildman–Crippen LogP) is 4.06. The number of anilines is 1. The van der Waals surface area contributed by atoms with Gasteiger partial charge in [0.25, 0.3) is 0 Å². The van der Waals surface area contributed by atoms with Gasteiger partial charge in [-0.3, -0.25) is 4.57 Å². The molecule has 3 aromatic rings. The molecular formula is C14H10Cl2FN3O. The summed E-state index contributed by atoms with van der Waals surface area (Å²) >= 11 is 11.9. The smallest absolute Gasteiger partial charge is 0.206 e. The van der Waals surface area contributed by atoms with E-state index in [1.807, 2.05) is 0 Å². The van der Waals surface area contributed by atoms with Crippen LogP contribution >= 0.6 is 23.2 Å². The molecule has 108 valence electrons. The van der Waals surface area contributed by atoms with E-state index in [4.69, 9.17) is 33.7 Å². The summed E-state index contributed by atoms with van der Waals surface area (Å²) in [5.41, 5.74) is 7.52. The Morgan fingerprint density at radius 2 is 2.00 bits per heavy atom. The summed E-state index contributed by atoms with van der Waals surface area (Å²) < 4.78 is 20.5. The Morgan fingerprint density at radius 1 is 1.24 bits per heavy atom. The van der Waals surface area contributed by atoms with Gasteiger partial charge in [0.05, 0.1) is 28.9 Å². The first kappa shape index (κ1) is 14.0. The molecule has 0 aliphatic carbocycles. The highest BCUT2D eigenvalue weighted by Gasteiger charge is 2.16. The number of hydrogen-bond donors (Lipinski definition) is 1. The van der Waals surface area contributed by atoms with Crippen LogP contribution in [0.1, 0.15) is 0 Å². The van der Waals surface area contributed by atoms with Gasteiger partial charge in [-0.1, -0.05) is 23.2 Å². The van der Waals surface area contributed by atoms with Crippen LogP contribution in [0.25, 0.3) is 16.7 Å². The van der Waals surface area contributed by atoms with Crippen LogP contribution in [0.2, 0.25) is 10.0 Å². The molecule has 0 saturated carbocycles. The maximum atomic E-state index is 13.5. The van der Waals surface area contributed by atoms with Crippen LogP contribution in [0.5, 0.6) is 5.75 Å². The van der Waals surface area contributed by atoms with Crippen molar-refractivity contribution in [3.63, 3.8) is 0 Å². The van der Waals surface area contributed by atoms with Crippen molar-refractivity contribution in [3.05, 3.63) is 46.2 Å². The lowest BCUT2D eigenvalue weighted by atomic mass is 10.2. The fourth-order valence-electron chi connectivity index (χ4n) is 2.18. The van der Waals surface area contributed by atoms with Gasteiger partial charge in [-0.15, -0.1) is 0 Å². The van der Waals surface area contributed by atoms with Crippen molar-refractivity contribution in [2.45, 2.75) is 0 Å². The standard InChI is InChI=1S/C14H10Cl2FN3O/c1-21-13-3-2-7(15)4-12(13)20-11-5-8(16)9(17)6-10(11)19-14(20)18/h2-6H,1H3,(H2,18,19). The summed E-state index contributed by atoms with van der Waals surface area (Å²) in [6.07, 6.45) is 0. The van der Waals surface area contributed by atoms with E-state index in [1.165, 1.54) is 19.2 Å². The number of nitrogens with zero attached hydrogens (tertiary/aromatic N) is 2. The number of ether oxygens (including phenoxy) is 1. The van der Waals surface area contributed by atoms with Gasteiger partial charge in [0.15, 0.2) is 0 Å². The molecule has 7 heteroatoms. The molecule has 0 saturated heterocycles. The summed E-state index contributed by atoms with van der Waals surface area (Å²) in [4.78, 5) is 4.14. The van der Waals surface area contributed by atoms with Crippen molar-refractivity contribution >= 4 is 40.2 Å². The van der Waals surface area contributed by atoms with Crippen LogP contribution in [0.15, 0.2) is 30.3 Å². The fraction of sp³-hybridized carbons (Fsp3) is 0.0714. The Hall–Kier alpha value is -1.98. The molecule has 0 aliphatic rings. The van der Waals surface area contributed by atoms with E-state index in [-0.39, 0.29) is 11.0 Å². The number of rotatable bonds is 2. The molecule has 2 N–H and O–H groups in total. The first-order valence-electron chi connectivity index (χ1n) is 5.98. The second kappa shape index (κ2) is 5.09. The zero-order valence-corrected chi connectivity index (χ0v) is 12.4. The molecule has 0 fully saturated rings. The van der Waals surface area contributed by atoms with E-state index in [0.29, 0.717) is 27.5 Å². The number of halogens is 3. The number of nitrogens with two attached hydrogens (primary N) is 1. The van der Waals surface area contributed by atoms with Crippen LogP contribution < -0.4 is 10.5 Å². The van der Waals surface area contributed by atoms with Crippen molar-refractivity contribution in [1.82, 2.24) is 9.55 Å². The summed E-state index contributed by atoms with van der Waals surface area (Å²) in [5, 5.41) is 0.505. The van der Waals surface area contributed by atoms with Crippen LogP contribution in [0, 0.1) is 5.82 Å². The molecule has 2 aromatic carbocycles. The third-order valence-corrected chi connectivity index (χ3v) is 3.63. The number of hydrogen-bond acceptors (Lipinski definition) is 3. The second-order valence-electron chi connectivity index (χ2n) is 4.38. The summed E-state index contributed by atoms with van der Waals surface area (Å²) in [5.74, 6) is 0.199. The number of fused-ring (bicyclic) bond motifs is 1. The van der Waals surface area contributed by atoms with Gasteiger partial charge in [0.2, 0.25) is 5.95 Å². The summed E-state index contributed by atoms with van der Waals surface area (Å²) in [6.45, 7) is 0. The number of methoxy groups -OCH3 is 1. The molecular weight excluding hydrogens is 316 g/mol. The Morgan fingerprint density at radius 3 is 2.71 bits per heavy atom. The molecule has 21 heavy (non-hydrogen) atoms. The third kappa shape index (κ3) is 2.28. The van der Waals surface area contributed by atoms with Crippen LogP contribution in [-0.4, -0.2) is 16.7 Å². The van der Waals surface area contributed by atoms with E-state index in [1.54, 1.807) is 22.8 Å². The Kier molecular flexibility index (Phi) is 3.39. The van der Waals surface area contributed by atoms with Crippen LogP contribution in [-0.2, 0) is 0 Å². The molecule has 0 radical (unpaired) electrons. The highest BCUT2D eigenvalue weighted by Crippen LogP contribution is 2.33. The lowest BCUT2D eigenvalue weighted by Gasteiger charge is -2.12. The molecule has 3 rings (SSSR count). The molecule has 0 atom stereocenters. The third-order valence-electron chi connectivity index (χ3n) is 3.10.